The lowest BCUT2D eigenvalue weighted by molar-refractivity contribution is -0.0511. The second-order valence-corrected chi connectivity index (χ2v) is 5.04. The molecule has 0 amide bonds. The van der Waals surface area contributed by atoms with Gasteiger partial charge in [0.05, 0.1) is 12.9 Å². The molecule has 3 rings (SSSR count). The van der Waals surface area contributed by atoms with Crippen LogP contribution in [0.3, 0.4) is 0 Å². The van der Waals surface area contributed by atoms with E-state index in [1.807, 2.05) is 0 Å². The van der Waals surface area contributed by atoms with E-state index >= 15 is 0 Å². The molecule has 3 heterocycles. The average Bonchev–Trinajstić information content (AvgIpc) is 3.05. The zero-order chi connectivity index (χ0) is 15.9. The molecule has 118 valence electrons. The largest absolute Gasteiger partial charge is 0.394 e. The van der Waals surface area contributed by atoms with Crippen LogP contribution in [0.5, 0.6) is 0 Å². The van der Waals surface area contributed by atoms with Gasteiger partial charge >= 0.3 is 0 Å². The van der Waals surface area contributed by atoms with Gasteiger partial charge in [-0.2, -0.15) is 0 Å². The second kappa shape index (κ2) is 5.61. The van der Waals surface area contributed by atoms with Gasteiger partial charge in [0, 0.05) is 6.54 Å². The summed E-state index contributed by atoms with van der Waals surface area (Å²) in [6.07, 6.45) is -0.125. The predicted octanol–water partition coefficient (Wildman–Crippen LogP) is -1.61. The summed E-state index contributed by atoms with van der Waals surface area (Å²) in [5.41, 5.74) is 0.0256. The van der Waals surface area contributed by atoms with Crippen molar-refractivity contribution >= 4 is 11.2 Å². The van der Waals surface area contributed by atoms with Crippen LogP contribution in [0.1, 0.15) is 6.23 Å². The molecule has 0 unspecified atom stereocenters. The van der Waals surface area contributed by atoms with Crippen LogP contribution in [0.4, 0.5) is 0 Å². The van der Waals surface area contributed by atoms with Gasteiger partial charge in [0.2, 0.25) is 0 Å². The van der Waals surface area contributed by atoms with E-state index in [4.69, 9.17) is 9.84 Å². The van der Waals surface area contributed by atoms with Crippen molar-refractivity contribution in [2.24, 2.45) is 0 Å². The predicted molar refractivity (Wildman–Crippen MR) is 75.0 cm³/mol. The molecule has 0 radical (unpaired) electrons. The minimum absolute atomic E-state index is 0.127. The Hall–Kier alpha value is -2.07. The van der Waals surface area contributed by atoms with Crippen molar-refractivity contribution in [1.82, 2.24) is 19.1 Å². The third kappa shape index (κ3) is 2.15. The van der Waals surface area contributed by atoms with E-state index in [2.05, 4.69) is 16.5 Å². The van der Waals surface area contributed by atoms with Gasteiger partial charge in [-0.1, -0.05) is 6.08 Å². The molecule has 1 aliphatic rings. The molecule has 0 spiro atoms. The number of aliphatic hydroxyl groups is 3. The molecule has 3 N–H and O–H groups in total. The number of aliphatic hydroxyl groups excluding tert-OH is 3. The maximum atomic E-state index is 12.2. The van der Waals surface area contributed by atoms with Gasteiger partial charge in [-0.05, 0) is 0 Å². The fourth-order valence-corrected chi connectivity index (χ4v) is 2.51. The Balaban J connectivity index is 2.04. The highest BCUT2D eigenvalue weighted by Gasteiger charge is 2.44. The average molecular weight is 308 g/mol. The number of ether oxygens (including phenoxy) is 1. The Morgan fingerprint density at radius 1 is 1.32 bits per heavy atom. The molecule has 1 fully saturated rings. The summed E-state index contributed by atoms with van der Waals surface area (Å²) >= 11 is 0. The molecule has 2 aromatic heterocycles. The summed E-state index contributed by atoms with van der Waals surface area (Å²) in [6.45, 7) is 3.44. The number of fused-ring (bicyclic) bond motifs is 1. The van der Waals surface area contributed by atoms with E-state index in [1.54, 1.807) is 6.08 Å². The van der Waals surface area contributed by atoms with Crippen LogP contribution in [-0.4, -0.2) is 59.3 Å². The highest BCUT2D eigenvalue weighted by molar-refractivity contribution is 5.69. The van der Waals surface area contributed by atoms with Gasteiger partial charge in [0.25, 0.3) is 5.56 Å². The zero-order valence-electron chi connectivity index (χ0n) is 11.6. The van der Waals surface area contributed by atoms with Crippen LogP contribution in [0, 0.1) is 0 Å². The first-order valence-electron chi connectivity index (χ1n) is 6.73. The SMILES string of the molecule is C=CCn1cnc2c(ncn2[C@@H]2O[C@H](CO)[C@@H](O)[C@H]2O)c1=O. The molecular weight excluding hydrogens is 292 g/mol. The Kier molecular flexibility index (Phi) is 3.79. The highest BCUT2D eigenvalue weighted by Crippen LogP contribution is 2.30. The third-order valence-corrected chi connectivity index (χ3v) is 3.67. The molecule has 22 heavy (non-hydrogen) atoms. The van der Waals surface area contributed by atoms with Gasteiger partial charge in [-0.15, -0.1) is 6.58 Å². The van der Waals surface area contributed by atoms with Gasteiger partial charge in [-0.25, -0.2) is 9.97 Å². The molecule has 0 saturated carbocycles. The number of hydrogen-bond acceptors (Lipinski definition) is 7. The minimum Gasteiger partial charge on any atom is -0.394 e. The molecule has 9 nitrogen and oxygen atoms in total. The zero-order valence-corrected chi connectivity index (χ0v) is 11.6. The summed E-state index contributed by atoms with van der Waals surface area (Å²) in [5.74, 6) is 0. The van der Waals surface area contributed by atoms with E-state index in [1.165, 1.54) is 21.8 Å². The summed E-state index contributed by atoms with van der Waals surface area (Å²) in [7, 11) is 0. The summed E-state index contributed by atoms with van der Waals surface area (Å²) < 4.78 is 8.14. The quantitative estimate of drug-likeness (QED) is 0.581. The van der Waals surface area contributed by atoms with Crippen molar-refractivity contribution < 1.29 is 20.1 Å². The highest BCUT2D eigenvalue weighted by atomic mass is 16.6. The van der Waals surface area contributed by atoms with Crippen molar-refractivity contribution in [3.05, 3.63) is 35.7 Å². The van der Waals surface area contributed by atoms with Gasteiger partial charge in [-0.3, -0.25) is 13.9 Å². The fraction of sp³-hybridized carbons (Fsp3) is 0.462. The molecule has 0 aromatic carbocycles. The first-order valence-corrected chi connectivity index (χ1v) is 6.73. The maximum absolute atomic E-state index is 12.2. The van der Waals surface area contributed by atoms with E-state index in [0.29, 0.717) is 6.54 Å². The number of allylic oxidation sites excluding steroid dienone is 1. The number of rotatable bonds is 4. The second-order valence-electron chi connectivity index (χ2n) is 5.04. The Labute approximate surface area is 124 Å². The van der Waals surface area contributed by atoms with Gasteiger partial charge < -0.3 is 20.1 Å². The Bertz CT molecular complexity index is 754. The molecule has 9 heteroatoms. The van der Waals surface area contributed by atoms with Crippen LogP contribution in [0.2, 0.25) is 0 Å². The number of imidazole rings is 1. The van der Waals surface area contributed by atoms with Crippen LogP contribution < -0.4 is 5.56 Å². The van der Waals surface area contributed by atoms with E-state index in [0.717, 1.165) is 0 Å². The minimum atomic E-state index is -1.26. The summed E-state index contributed by atoms with van der Waals surface area (Å²) in [6, 6.07) is 0. The van der Waals surface area contributed by atoms with Crippen LogP contribution in [0.15, 0.2) is 30.1 Å². The van der Waals surface area contributed by atoms with E-state index < -0.39 is 31.1 Å². The van der Waals surface area contributed by atoms with Crippen LogP contribution >= 0.6 is 0 Å². The molecule has 0 aliphatic carbocycles. The Morgan fingerprint density at radius 2 is 2.09 bits per heavy atom. The van der Waals surface area contributed by atoms with Crippen LogP contribution in [0.25, 0.3) is 11.2 Å². The van der Waals surface area contributed by atoms with E-state index in [9.17, 15) is 15.0 Å². The van der Waals surface area contributed by atoms with Gasteiger partial charge in [0.1, 0.15) is 24.6 Å². The maximum Gasteiger partial charge on any atom is 0.281 e. The Morgan fingerprint density at radius 3 is 2.73 bits per heavy atom. The van der Waals surface area contributed by atoms with Crippen LogP contribution in [-0.2, 0) is 11.3 Å². The van der Waals surface area contributed by atoms with Gasteiger partial charge in [0.15, 0.2) is 17.4 Å². The normalized spacial score (nSPS) is 28.3. The lowest BCUT2D eigenvalue weighted by atomic mass is 10.1. The topological polar surface area (TPSA) is 123 Å². The molecule has 0 bridgehead atoms. The third-order valence-electron chi connectivity index (χ3n) is 3.67. The number of aromatic nitrogens is 4. The summed E-state index contributed by atoms with van der Waals surface area (Å²) in [5, 5.41) is 29.0. The lowest BCUT2D eigenvalue weighted by Gasteiger charge is -2.16. The standard InChI is InChI=1S/C13H16N4O5/c1-2-3-16-5-15-11-8(12(16)21)14-6-17(11)13-10(20)9(19)7(4-18)22-13/h2,5-7,9-10,13,18-20H,1,3-4H2/t7-,9-,10-,13-/m1/s1. The van der Waals surface area contributed by atoms with Crippen molar-refractivity contribution in [2.45, 2.75) is 31.1 Å². The first kappa shape index (κ1) is 14.9. The molecule has 1 saturated heterocycles. The van der Waals surface area contributed by atoms with Crippen molar-refractivity contribution in [3.63, 3.8) is 0 Å². The number of hydrogen-bond donors (Lipinski definition) is 3. The van der Waals surface area contributed by atoms with E-state index in [-0.39, 0.29) is 16.7 Å². The van der Waals surface area contributed by atoms with Crippen molar-refractivity contribution in [1.29, 1.82) is 0 Å². The molecule has 4 atom stereocenters. The van der Waals surface area contributed by atoms with Crippen molar-refractivity contribution in [2.75, 3.05) is 6.61 Å². The molecule has 2 aromatic rings. The van der Waals surface area contributed by atoms with Crippen molar-refractivity contribution in [3.8, 4) is 0 Å². The fourth-order valence-electron chi connectivity index (χ4n) is 2.51. The summed E-state index contributed by atoms with van der Waals surface area (Å²) in [4.78, 5) is 20.4. The monoisotopic (exact) mass is 308 g/mol. The lowest BCUT2D eigenvalue weighted by Crippen LogP contribution is -2.33. The first-order chi connectivity index (χ1) is 10.6. The molecule has 1 aliphatic heterocycles. The number of nitrogens with zero attached hydrogens (tertiary/aromatic N) is 4. The molecular formula is C13H16N4O5. The smallest absolute Gasteiger partial charge is 0.281 e.